The number of hydrogen-bond donors (Lipinski definition) is 1. The Bertz CT molecular complexity index is 573. The van der Waals surface area contributed by atoms with Crippen LogP contribution in [-0.4, -0.2) is 17.5 Å². The fourth-order valence-electron chi connectivity index (χ4n) is 1.45. The van der Waals surface area contributed by atoms with E-state index in [0.29, 0.717) is 5.76 Å². The standard InChI is InChI=1S/C13H10O6/c14-8-19-12-5-9(13(15)16)4-11(6-12)18-7-10-2-1-3-17-10/h1-6,8H,7H2,(H,15,16). The monoisotopic (exact) mass is 262 g/mol. The summed E-state index contributed by atoms with van der Waals surface area (Å²) in [6.45, 7) is 0.369. The molecule has 0 saturated heterocycles. The van der Waals surface area contributed by atoms with Crippen LogP contribution in [0.5, 0.6) is 11.5 Å². The topological polar surface area (TPSA) is 86.0 Å². The van der Waals surface area contributed by atoms with Crippen LogP contribution in [-0.2, 0) is 11.4 Å². The number of hydrogen-bond acceptors (Lipinski definition) is 5. The van der Waals surface area contributed by atoms with E-state index in [-0.39, 0.29) is 30.1 Å². The smallest absolute Gasteiger partial charge is 0.335 e. The minimum Gasteiger partial charge on any atom is -0.485 e. The van der Waals surface area contributed by atoms with Crippen molar-refractivity contribution in [3.63, 3.8) is 0 Å². The lowest BCUT2D eigenvalue weighted by molar-refractivity contribution is -0.120. The fourth-order valence-corrected chi connectivity index (χ4v) is 1.45. The SMILES string of the molecule is O=COc1cc(OCc2ccco2)cc(C(=O)O)c1. The maximum absolute atomic E-state index is 10.9. The maximum Gasteiger partial charge on any atom is 0.335 e. The highest BCUT2D eigenvalue weighted by atomic mass is 16.5. The van der Waals surface area contributed by atoms with Crippen LogP contribution in [0.2, 0.25) is 0 Å². The van der Waals surface area contributed by atoms with Gasteiger partial charge in [0.05, 0.1) is 11.8 Å². The van der Waals surface area contributed by atoms with Crippen LogP contribution in [0, 0.1) is 0 Å². The minimum atomic E-state index is -1.14. The summed E-state index contributed by atoms with van der Waals surface area (Å²) in [6.07, 6.45) is 1.51. The van der Waals surface area contributed by atoms with Crippen molar-refractivity contribution in [1.82, 2.24) is 0 Å². The molecule has 1 aromatic carbocycles. The molecule has 0 radical (unpaired) electrons. The Morgan fingerprint density at radius 3 is 2.74 bits per heavy atom. The van der Waals surface area contributed by atoms with E-state index in [1.54, 1.807) is 12.1 Å². The molecule has 19 heavy (non-hydrogen) atoms. The summed E-state index contributed by atoms with van der Waals surface area (Å²) in [5, 5.41) is 8.94. The van der Waals surface area contributed by atoms with Crippen LogP contribution in [0.4, 0.5) is 0 Å². The number of carbonyl (C=O) groups excluding carboxylic acids is 1. The molecule has 2 rings (SSSR count). The van der Waals surface area contributed by atoms with Crippen molar-refractivity contribution in [3.8, 4) is 11.5 Å². The first kappa shape index (κ1) is 12.7. The van der Waals surface area contributed by atoms with Gasteiger partial charge in [0.2, 0.25) is 0 Å². The number of aromatic carboxylic acids is 1. The van der Waals surface area contributed by atoms with Gasteiger partial charge in [-0.2, -0.15) is 0 Å². The molecule has 1 heterocycles. The first-order chi connectivity index (χ1) is 9.19. The van der Waals surface area contributed by atoms with Crippen LogP contribution in [0.25, 0.3) is 0 Å². The highest BCUT2D eigenvalue weighted by molar-refractivity contribution is 5.88. The molecule has 0 saturated carbocycles. The molecule has 6 nitrogen and oxygen atoms in total. The van der Waals surface area contributed by atoms with E-state index in [4.69, 9.17) is 14.3 Å². The molecule has 1 N–H and O–H groups in total. The largest absolute Gasteiger partial charge is 0.485 e. The van der Waals surface area contributed by atoms with E-state index < -0.39 is 5.97 Å². The number of carboxylic acid groups (broad SMARTS) is 1. The summed E-state index contributed by atoms with van der Waals surface area (Å²) in [5.74, 6) is -0.171. The summed E-state index contributed by atoms with van der Waals surface area (Å²) < 4.78 is 15.1. The maximum atomic E-state index is 10.9. The molecule has 2 aromatic rings. The lowest BCUT2D eigenvalue weighted by atomic mass is 10.2. The van der Waals surface area contributed by atoms with Crippen molar-refractivity contribution >= 4 is 12.4 Å². The van der Waals surface area contributed by atoms with E-state index in [2.05, 4.69) is 4.74 Å². The van der Waals surface area contributed by atoms with Crippen molar-refractivity contribution in [3.05, 3.63) is 47.9 Å². The van der Waals surface area contributed by atoms with Crippen molar-refractivity contribution in [2.24, 2.45) is 0 Å². The van der Waals surface area contributed by atoms with E-state index in [1.807, 2.05) is 0 Å². The van der Waals surface area contributed by atoms with Gasteiger partial charge in [-0.25, -0.2) is 4.79 Å². The minimum absolute atomic E-state index is 0.0335. The molecular weight excluding hydrogens is 252 g/mol. The van der Waals surface area contributed by atoms with Crippen LogP contribution in [0.3, 0.4) is 0 Å². The zero-order valence-electron chi connectivity index (χ0n) is 9.74. The second-order valence-electron chi connectivity index (χ2n) is 3.58. The molecule has 0 aliphatic carbocycles. The zero-order valence-corrected chi connectivity index (χ0v) is 9.74. The Balaban J connectivity index is 2.18. The Labute approximate surface area is 108 Å². The fraction of sp³-hybridized carbons (Fsp3) is 0.0769. The van der Waals surface area contributed by atoms with Gasteiger partial charge in [0.25, 0.3) is 6.47 Å². The highest BCUT2D eigenvalue weighted by Crippen LogP contribution is 2.23. The van der Waals surface area contributed by atoms with Crippen molar-refractivity contribution < 1.29 is 28.6 Å². The van der Waals surface area contributed by atoms with E-state index in [9.17, 15) is 9.59 Å². The van der Waals surface area contributed by atoms with Gasteiger partial charge in [0.15, 0.2) is 0 Å². The molecule has 0 spiro atoms. The molecule has 0 fully saturated rings. The van der Waals surface area contributed by atoms with E-state index in [1.165, 1.54) is 24.5 Å². The van der Waals surface area contributed by atoms with Crippen molar-refractivity contribution in [2.75, 3.05) is 0 Å². The van der Waals surface area contributed by atoms with Crippen molar-refractivity contribution in [2.45, 2.75) is 6.61 Å². The second-order valence-corrected chi connectivity index (χ2v) is 3.58. The number of carboxylic acids is 1. The summed E-state index contributed by atoms with van der Waals surface area (Å²) in [6, 6.07) is 7.43. The molecule has 6 heteroatoms. The Morgan fingerprint density at radius 1 is 1.32 bits per heavy atom. The molecule has 0 aliphatic heterocycles. The zero-order chi connectivity index (χ0) is 13.7. The molecule has 0 amide bonds. The second kappa shape index (κ2) is 5.72. The predicted octanol–water partition coefficient (Wildman–Crippen LogP) is 2.09. The lowest BCUT2D eigenvalue weighted by Gasteiger charge is -2.07. The molecule has 0 unspecified atom stereocenters. The average Bonchev–Trinajstić information content (AvgIpc) is 2.89. The van der Waals surface area contributed by atoms with Gasteiger partial charge in [-0.1, -0.05) is 0 Å². The molecule has 98 valence electrons. The number of furan rings is 1. The average molecular weight is 262 g/mol. The van der Waals surface area contributed by atoms with Crippen molar-refractivity contribution in [1.29, 1.82) is 0 Å². The third kappa shape index (κ3) is 3.35. The van der Waals surface area contributed by atoms with E-state index >= 15 is 0 Å². The Morgan fingerprint density at radius 2 is 2.11 bits per heavy atom. The highest BCUT2D eigenvalue weighted by Gasteiger charge is 2.09. The van der Waals surface area contributed by atoms with Gasteiger partial charge in [0, 0.05) is 6.07 Å². The number of benzene rings is 1. The van der Waals surface area contributed by atoms with E-state index in [0.717, 1.165) is 0 Å². The molecule has 0 atom stereocenters. The Kier molecular flexibility index (Phi) is 3.82. The van der Waals surface area contributed by atoms with Gasteiger partial charge < -0.3 is 19.0 Å². The summed E-state index contributed by atoms with van der Waals surface area (Å²) in [4.78, 5) is 21.2. The first-order valence-electron chi connectivity index (χ1n) is 5.33. The third-order valence-electron chi connectivity index (χ3n) is 2.27. The number of ether oxygens (including phenoxy) is 2. The number of rotatable bonds is 6. The molecule has 0 bridgehead atoms. The third-order valence-corrected chi connectivity index (χ3v) is 2.27. The van der Waals surface area contributed by atoms with Gasteiger partial charge >= 0.3 is 5.97 Å². The quantitative estimate of drug-likeness (QED) is 0.802. The van der Waals surface area contributed by atoms with Gasteiger partial charge in [-0.15, -0.1) is 0 Å². The summed E-state index contributed by atoms with van der Waals surface area (Å²) in [7, 11) is 0. The Hall–Kier alpha value is -2.76. The molecule has 0 aliphatic rings. The van der Waals surface area contributed by atoms with Gasteiger partial charge in [-0.3, -0.25) is 4.79 Å². The van der Waals surface area contributed by atoms with Gasteiger partial charge in [0.1, 0.15) is 23.9 Å². The molecule has 1 aromatic heterocycles. The normalized spacial score (nSPS) is 9.89. The molecular formula is C13H10O6. The van der Waals surface area contributed by atoms with Crippen LogP contribution < -0.4 is 9.47 Å². The predicted molar refractivity (Wildman–Crippen MR) is 63.1 cm³/mol. The van der Waals surface area contributed by atoms with Gasteiger partial charge in [-0.05, 0) is 24.3 Å². The van der Waals surface area contributed by atoms with Crippen LogP contribution in [0.15, 0.2) is 41.0 Å². The summed E-state index contributed by atoms with van der Waals surface area (Å²) >= 11 is 0. The summed E-state index contributed by atoms with van der Waals surface area (Å²) in [5.41, 5.74) is -0.0335. The van der Waals surface area contributed by atoms with Crippen LogP contribution >= 0.6 is 0 Å². The first-order valence-corrected chi connectivity index (χ1v) is 5.33. The van der Waals surface area contributed by atoms with Crippen LogP contribution in [0.1, 0.15) is 16.1 Å². The lowest BCUT2D eigenvalue weighted by Crippen LogP contribution is -2.01. The number of carbonyl (C=O) groups is 2.